The summed E-state index contributed by atoms with van der Waals surface area (Å²) in [7, 11) is 0. The van der Waals surface area contributed by atoms with Gasteiger partial charge in [-0.3, -0.25) is 14.4 Å². The lowest BCUT2D eigenvalue weighted by atomic mass is 10.0. The fourth-order valence-corrected chi connectivity index (χ4v) is 9.01. The lowest BCUT2D eigenvalue weighted by Gasteiger charge is -2.18. The Kier molecular flexibility index (Phi) is 60.8. The number of ether oxygens (including phenoxy) is 3. The molecule has 0 spiro atoms. The Bertz CT molecular complexity index is 1490. The number of carbonyl (C=O) groups is 3. The third-order valence-electron chi connectivity index (χ3n) is 13.8. The molecule has 6 heteroatoms. The first-order chi connectivity index (χ1) is 37.5. The molecule has 0 aromatic rings. The molecule has 0 radical (unpaired) electrons. The van der Waals surface area contributed by atoms with E-state index in [9.17, 15) is 14.4 Å². The minimum absolute atomic E-state index is 0.0831. The molecule has 0 aliphatic rings. The fourth-order valence-electron chi connectivity index (χ4n) is 9.01. The number of rotatable bonds is 58. The van der Waals surface area contributed by atoms with E-state index in [0.29, 0.717) is 19.3 Å². The first kappa shape index (κ1) is 72.3. The standard InChI is InChI=1S/C70H120O6/c1-4-7-10-13-16-19-22-25-28-30-31-32-33-34-35-36-37-38-39-40-43-45-48-51-54-57-60-63-69(72)75-66-67(65-74-68(71)62-59-56-53-50-47-44-41-27-24-21-18-15-12-9-6-3)76-70(73)64-61-58-55-52-49-46-42-29-26-23-20-17-14-11-8-5-2/h7,10,16,19-20,23,25,28-29,31-32,34-35,37-38,42,67H,4-6,8-9,11-15,17-18,21-22,24,26-27,30,33,36,39-41,43-66H2,1-3H3/b10-7-,19-16-,23-20-,28-25-,32-31-,35-34-,38-37-,42-29-. The van der Waals surface area contributed by atoms with Gasteiger partial charge in [-0.2, -0.15) is 0 Å². The number of allylic oxidation sites excluding steroid dienone is 16. The van der Waals surface area contributed by atoms with E-state index in [0.717, 1.165) is 128 Å². The summed E-state index contributed by atoms with van der Waals surface area (Å²) in [5.74, 6) is -0.894. The molecule has 0 saturated carbocycles. The van der Waals surface area contributed by atoms with Gasteiger partial charge in [-0.05, 0) is 103 Å². The average molecular weight is 1060 g/mol. The van der Waals surface area contributed by atoms with Crippen LogP contribution in [0, 0.1) is 0 Å². The smallest absolute Gasteiger partial charge is 0.306 e. The van der Waals surface area contributed by atoms with Crippen LogP contribution < -0.4 is 0 Å². The van der Waals surface area contributed by atoms with Crippen molar-refractivity contribution in [3.8, 4) is 0 Å². The van der Waals surface area contributed by atoms with Gasteiger partial charge in [0.05, 0.1) is 0 Å². The van der Waals surface area contributed by atoms with Crippen LogP contribution in [0.3, 0.4) is 0 Å². The topological polar surface area (TPSA) is 78.9 Å². The maximum atomic E-state index is 12.9. The van der Waals surface area contributed by atoms with E-state index < -0.39 is 6.10 Å². The van der Waals surface area contributed by atoms with Gasteiger partial charge >= 0.3 is 17.9 Å². The Balaban J connectivity index is 4.35. The normalized spacial score (nSPS) is 12.7. The first-order valence-corrected chi connectivity index (χ1v) is 32.2. The Labute approximate surface area is 470 Å². The Hall–Kier alpha value is -3.67. The van der Waals surface area contributed by atoms with Crippen LogP contribution in [0.5, 0.6) is 0 Å². The molecular formula is C70H120O6. The molecule has 0 N–H and O–H groups in total. The van der Waals surface area contributed by atoms with E-state index in [1.165, 1.54) is 141 Å². The molecule has 0 aromatic carbocycles. The maximum Gasteiger partial charge on any atom is 0.306 e. The van der Waals surface area contributed by atoms with Gasteiger partial charge in [0.15, 0.2) is 6.10 Å². The molecule has 6 nitrogen and oxygen atoms in total. The Morgan fingerprint density at radius 3 is 0.816 bits per heavy atom. The second-order valence-electron chi connectivity index (χ2n) is 21.3. The predicted octanol–water partition coefficient (Wildman–Crippen LogP) is 22.0. The van der Waals surface area contributed by atoms with Crippen molar-refractivity contribution in [2.45, 2.75) is 316 Å². The van der Waals surface area contributed by atoms with Gasteiger partial charge in [-0.25, -0.2) is 0 Å². The highest BCUT2D eigenvalue weighted by Gasteiger charge is 2.19. The van der Waals surface area contributed by atoms with Crippen molar-refractivity contribution >= 4 is 17.9 Å². The number of esters is 3. The molecule has 0 aliphatic heterocycles. The van der Waals surface area contributed by atoms with Crippen LogP contribution in [-0.2, 0) is 28.6 Å². The van der Waals surface area contributed by atoms with Crippen LogP contribution >= 0.6 is 0 Å². The molecule has 0 rings (SSSR count). The van der Waals surface area contributed by atoms with Gasteiger partial charge in [0.1, 0.15) is 13.2 Å². The zero-order chi connectivity index (χ0) is 55.0. The maximum absolute atomic E-state index is 12.9. The van der Waals surface area contributed by atoms with Crippen molar-refractivity contribution in [3.05, 3.63) is 97.2 Å². The summed E-state index contributed by atoms with van der Waals surface area (Å²) in [6, 6.07) is 0. The highest BCUT2D eigenvalue weighted by molar-refractivity contribution is 5.71. The van der Waals surface area contributed by atoms with Crippen molar-refractivity contribution in [2.75, 3.05) is 13.2 Å². The quantitative estimate of drug-likeness (QED) is 0.0261. The lowest BCUT2D eigenvalue weighted by molar-refractivity contribution is -0.167. The van der Waals surface area contributed by atoms with E-state index in [-0.39, 0.29) is 31.1 Å². The van der Waals surface area contributed by atoms with Gasteiger partial charge < -0.3 is 14.2 Å². The SMILES string of the molecule is CC/C=C\C/C=C\C/C=C\C/C=C\C/C=C\C/C=C\CCCCCCCCCCC(=O)OCC(COC(=O)CCCCCCCCCCCCCCCCC)OC(=O)CCCCCCC/C=C\C/C=C\CCCCCC. The van der Waals surface area contributed by atoms with Gasteiger partial charge in [-0.1, -0.05) is 285 Å². The van der Waals surface area contributed by atoms with E-state index in [1.807, 2.05) is 0 Å². The summed E-state index contributed by atoms with van der Waals surface area (Å²) in [5, 5.41) is 0. The molecule has 0 saturated heterocycles. The molecule has 0 fully saturated rings. The van der Waals surface area contributed by atoms with E-state index in [1.54, 1.807) is 0 Å². The van der Waals surface area contributed by atoms with Crippen LogP contribution in [-0.4, -0.2) is 37.2 Å². The van der Waals surface area contributed by atoms with Gasteiger partial charge in [0, 0.05) is 19.3 Å². The minimum Gasteiger partial charge on any atom is -0.462 e. The van der Waals surface area contributed by atoms with Crippen molar-refractivity contribution in [1.82, 2.24) is 0 Å². The average Bonchev–Trinajstić information content (AvgIpc) is 3.42. The van der Waals surface area contributed by atoms with Crippen molar-refractivity contribution < 1.29 is 28.6 Å². The number of unbranched alkanes of at least 4 members (excludes halogenated alkanes) is 31. The summed E-state index contributed by atoms with van der Waals surface area (Å²) < 4.78 is 16.9. The largest absolute Gasteiger partial charge is 0.462 e. The number of hydrogen-bond donors (Lipinski definition) is 0. The highest BCUT2D eigenvalue weighted by Crippen LogP contribution is 2.16. The summed E-state index contributed by atoms with van der Waals surface area (Å²) in [4.78, 5) is 38.3. The minimum atomic E-state index is -0.788. The third-order valence-corrected chi connectivity index (χ3v) is 13.8. The summed E-state index contributed by atoms with van der Waals surface area (Å²) >= 11 is 0. The van der Waals surface area contributed by atoms with E-state index in [4.69, 9.17) is 14.2 Å². The number of carbonyl (C=O) groups excluding carboxylic acids is 3. The summed E-state index contributed by atoms with van der Waals surface area (Å²) in [6.07, 6.45) is 85.5. The van der Waals surface area contributed by atoms with E-state index >= 15 is 0 Å². The summed E-state index contributed by atoms with van der Waals surface area (Å²) in [5.41, 5.74) is 0. The van der Waals surface area contributed by atoms with Crippen LogP contribution in [0.25, 0.3) is 0 Å². The molecule has 76 heavy (non-hydrogen) atoms. The molecule has 0 bridgehead atoms. The lowest BCUT2D eigenvalue weighted by Crippen LogP contribution is -2.30. The Morgan fingerprint density at radius 1 is 0.276 bits per heavy atom. The van der Waals surface area contributed by atoms with Gasteiger partial charge in [0.25, 0.3) is 0 Å². The highest BCUT2D eigenvalue weighted by atomic mass is 16.6. The monoisotopic (exact) mass is 1060 g/mol. The van der Waals surface area contributed by atoms with Crippen molar-refractivity contribution in [2.24, 2.45) is 0 Å². The zero-order valence-corrected chi connectivity index (χ0v) is 50.0. The molecule has 1 atom stereocenters. The van der Waals surface area contributed by atoms with Crippen LogP contribution in [0.2, 0.25) is 0 Å². The summed E-state index contributed by atoms with van der Waals surface area (Å²) in [6.45, 7) is 6.52. The molecule has 1 unspecified atom stereocenters. The molecular weight excluding hydrogens is 937 g/mol. The molecule has 0 aliphatic carbocycles. The number of hydrogen-bond acceptors (Lipinski definition) is 6. The predicted molar refractivity (Wildman–Crippen MR) is 330 cm³/mol. The van der Waals surface area contributed by atoms with E-state index in [2.05, 4.69) is 118 Å². The zero-order valence-electron chi connectivity index (χ0n) is 50.0. The molecule has 0 aromatic heterocycles. The second-order valence-corrected chi connectivity index (χ2v) is 21.3. The first-order valence-electron chi connectivity index (χ1n) is 32.2. The van der Waals surface area contributed by atoms with Crippen molar-refractivity contribution in [1.29, 1.82) is 0 Å². The third kappa shape index (κ3) is 61.2. The Morgan fingerprint density at radius 2 is 0.513 bits per heavy atom. The molecule has 436 valence electrons. The van der Waals surface area contributed by atoms with Crippen LogP contribution in [0.1, 0.15) is 310 Å². The van der Waals surface area contributed by atoms with Gasteiger partial charge in [0.2, 0.25) is 0 Å². The molecule has 0 amide bonds. The molecule has 0 heterocycles. The van der Waals surface area contributed by atoms with Crippen LogP contribution in [0.4, 0.5) is 0 Å². The fraction of sp³-hybridized carbons (Fsp3) is 0.729. The van der Waals surface area contributed by atoms with Crippen molar-refractivity contribution in [3.63, 3.8) is 0 Å². The van der Waals surface area contributed by atoms with Gasteiger partial charge in [-0.15, -0.1) is 0 Å². The second kappa shape index (κ2) is 63.9. The van der Waals surface area contributed by atoms with Crippen LogP contribution in [0.15, 0.2) is 97.2 Å².